The van der Waals surface area contributed by atoms with Crippen LogP contribution in [0.4, 0.5) is 4.79 Å². The van der Waals surface area contributed by atoms with Crippen LogP contribution in [0.15, 0.2) is 12.4 Å². The van der Waals surface area contributed by atoms with Gasteiger partial charge in [0, 0.05) is 38.4 Å². The number of likely N-dealkylation sites (tertiary alicyclic amines) is 1. The normalized spacial score (nSPS) is 21.6. The molecule has 2 aliphatic heterocycles. The van der Waals surface area contributed by atoms with Crippen molar-refractivity contribution in [3.8, 4) is 0 Å². The zero-order valence-electron chi connectivity index (χ0n) is 14.6. The Morgan fingerprint density at radius 1 is 1.12 bits per heavy atom. The molecule has 2 fully saturated rings. The average Bonchev–Trinajstić information content (AvgIpc) is 2.88. The van der Waals surface area contributed by atoms with Crippen LogP contribution in [0.5, 0.6) is 0 Å². The predicted octanol–water partition coefficient (Wildman–Crippen LogP) is 0.822. The van der Waals surface area contributed by atoms with Crippen LogP contribution >= 0.6 is 0 Å². The lowest BCUT2D eigenvalue weighted by Gasteiger charge is -2.33. The summed E-state index contributed by atoms with van der Waals surface area (Å²) < 4.78 is 5.31. The zero-order chi connectivity index (χ0) is 17.6. The molecule has 1 atom stereocenters. The molecule has 136 valence electrons. The number of hydrogen-bond donors (Lipinski definition) is 1. The Morgan fingerprint density at radius 2 is 1.92 bits per heavy atom. The van der Waals surface area contributed by atoms with E-state index in [0.29, 0.717) is 38.5 Å². The molecule has 3 heterocycles. The molecular formula is C17H25N5O3. The van der Waals surface area contributed by atoms with Crippen molar-refractivity contribution >= 4 is 11.9 Å². The average molecular weight is 347 g/mol. The molecule has 2 aliphatic rings. The molecular weight excluding hydrogens is 322 g/mol. The van der Waals surface area contributed by atoms with E-state index >= 15 is 0 Å². The Hall–Kier alpha value is -2.22. The highest BCUT2D eigenvalue weighted by atomic mass is 16.5. The number of nitrogens with zero attached hydrogens (tertiary/aromatic N) is 4. The fourth-order valence-electron chi connectivity index (χ4n) is 3.16. The monoisotopic (exact) mass is 347 g/mol. The second kappa shape index (κ2) is 8.24. The van der Waals surface area contributed by atoms with E-state index in [-0.39, 0.29) is 18.0 Å². The lowest BCUT2D eigenvalue weighted by Crippen LogP contribution is -2.51. The molecule has 0 saturated carbocycles. The third-order valence-electron chi connectivity index (χ3n) is 4.57. The molecule has 1 aromatic heterocycles. The first-order chi connectivity index (χ1) is 12.1. The number of morpholine rings is 1. The van der Waals surface area contributed by atoms with Crippen LogP contribution in [-0.2, 0) is 4.74 Å². The number of aryl methyl sites for hydroxylation is 1. The SMILES string of the molecule is Cc1cnc(C(=O)N[C@H]2CCCCN(C(=O)N3CCOCC3)C2)cn1. The van der Waals surface area contributed by atoms with Crippen molar-refractivity contribution < 1.29 is 14.3 Å². The number of ether oxygens (including phenoxy) is 1. The summed E-state index contributed by atoms with van der Waals surface area (Å²) in [7, 11) is 0. The summed E-state index contributed by atoms with van der Waals surface area (Å²) in [6.45, 7) is 5.53. The first kappa shape index (κ1) is 17.6. The maximum Gasteiger partial charge on any atom is 0.320 e. The van der Waals surface area contributed by atoms with Crippen molar-refractivity contribution in [1.82, 2.24) is 25.1 Å². The van der Waals surface area contributed by atoms with Gasteiger partial charge in [0.2, 0.25) is 0 Å². The van der Waals surface area contributed by atoms with Crippen molar-refractivity contribution in [2.45, 2.75) is 32.2 Å². The Bertz CT molecular complexity index is 601. The van der Waals surface area contributed by atoms with Crippen LogP contribution in [0.2, 0.25) is 0 Å². The highest BCUT2D eigenvalue weighted by Crippen LogP contribution is 2.14. The van der Waals surface area contributed by atoms with Gasteiger partial charge in [-0.15, -0.1) is 0 Å². The van der Waals surface area contributed by atoms with E-state index in [0.717, 1.165) is 31.5 Å². The molecule has 0 unspecified atom stereocenters. The Labute approximate surface area is 147 Å². The van der Waals surface area contributed by atoms with Crippen LogP contribution in [0.1, 0.15) is 35.4 Å². The van der Waals surface area contributed by atoms with E-state index in [1.54, 1.807) is 6.20 Å². The van der Waals surface area contributed by atoms with Crippen LogP contribution in [0.3, 0.4) is 0 Å². The summed E-state index contributed by atoms with van der Waals surface area (Å²) in [5, 5.41) is 3.00. The van der Waals surface area contributed by atoms with Crippen molar-refractivity contribution in [3.63, 3.8) is 0 Å². The van der Waals surface area contributed by atoms with Gasteiger partial charge >= 0.3 is 6.03 Å². The lowest BCUT2D eigenvalue weighted by atomic mass is 10.1. The first-order valence-electron chi connectivity index (χ1n) is 8.84. The molecule has 1 N–H and O–H groups in total. The molecule has 0 aromatic carbocycles. The van der Waals surface area contributed by atoms with Gasteiger partial charge in [-0.25, -0.2) is 9.78 Å². The van der Waals surface area contributed by atoms with E-state index in [2.05, 4.69) is 15.3 Å². The summed E-state index contributed by atoms with van der Waals surface area (Å²) in [4.78, 5) is 37.0. The van der Waals surface area contributed by atoms with Crippen molar-refractivity contribution in [2.75, 3.05) is 39.4 Å². The number of rotatable bonds is 2. The Balaban J connectivity index is 1.60. The standard InChI is InChI=1S/C17H25N5O3/c1-13-10-19-15(11-18-13)16(23)20-14-4-2-3-5-22(12-14)17(24)21-6-8-25-9-7-21/h10-11,14H,2-9,12H2,1H3,(H,20,23)/t14-/m0/s1. The molecule has 1 aromatic rings. The summed E-state index contributed by atoms with van der Waals surface area (Å²) in [5.41, 5.74) is 1.08. The second-order valence-corrected chi connectivity index (χ2v) is 6.54. The molecule has 25 heavy (non-hydrogen) atoms. The topological polar surface area (TPSA) is 87.7 Å². The number of amides is 3. The fourth-order valence-corrected chi connectivity index (χ4v) is 3.16. The van der Waals surface area contributed by atoms with E-state index in [1.807, 2.05) is 16.7 Å². The zero-order valence-corrected chi connectivity index (χ0v) is 14.6. The van der Waals surface area contributed by atoms with E-state index in [1.165, 1.54) is 6.20 Å². The van der Waals surface area contributed by atoms with Gasteiger partial charge in [0.05, 0.1) is 25.1 Å². The van der Waals surface area contributed by atoms with Crippen LogP contribution < -0.4 is 5.32 Å². The molecule has 0 aliphatic carbocycles. The quantitative estimate of drug-likeness (QED) is 0.856. The fraction of sp³-hybridized carbons (Fsp3) is 0.647. The maximum atomic E-state index is 12.7. The van der Waals surface area contributed by atoms with Crippen LogP contribution in [0, 0.1) is 6.92 Å². The third kappa shape index (κ3) is 4.66. The number of carbonyl (C=O) groups is 2. The highest BCUT2D eigenvalue weighted by molar-refractivity contribution is 5.92. The summed E-state index contributed by atoms with van der Waals surface area (Å²) in [6.07, 6.45) is 5.86. The predicted molar refractivity (Wildman–Crippen MR) is 91.2 cm³/mol. The maximum absolute atomic E-state index is 12.7. The third-order valence-corrected chi connectivity index (χ3v) is 4.57. The highest BCUT2D eigenvalue weighted by Gasteiger charge is 2.27. The minimum absolute atomic E-state index is 0.0413. The van der Waals surface area contributed by atoms with Gasteiger partial charge in [0.25, 0.3) is 5.91 Å². The van der Waals surface area contributed by atoms with Crippen molar-refractivity contribution in [2.24, 2.45) is 0 Å². The Morgan fingerprint density at radius 3 is 2.64 bits per heavy atom. The largest absolute Gasteiger partial charge is 0.378 e. The van der Waals surface area contributed by atoms with Crippen LogP contribution in [0.25, 0.3) is 0 Å². The number of aromatic nitrogens is 2. The number of nitrogens with one attached hydrogen (secondary N) is 1. The molecule has 2 saturated heterocycles. The smallest absolute Gasteiger partial charge is 0.320 e. The molecule has 8 heteroatoms. The second-order valence-electron chi connectivity index (χ2n) is 6.54. The molecule has 3 amide bonds. The number of hydrogen-bond acceptors (Lipinski definition) is 5. The van der Waals surface area contributed by atoms with E-state index in [9.17, 15) is 9.59 Å². The molecule has 0 spiro atoms. The molecule has 3 rings (SSSR count). The summed E-state index contributed by atoms with van der Waals surface area (Å²) >= 11 is 0. The molecule has 8 nitrogen and oxygen atoms in total. The lowest BCUT2D eigenvalue weighted by molar-refractivity contribution is 0.0429. The van der Waals surface area contributed by atoms with Gasteiger partial charge in [-0.3, -0.25) is 9.78 Å². The van der Waals surface area contributed by atoms with Gasteiger partial charge in [-0.05, 0) is 26.2 Å². The first-order valence-corrected chi connectivity index (χ1v) is 8.84. The summed E-state index contributed by atoms with van der Waals surface area (Å²) in [5.74, 6) is -0.238. The molecule has 0 bridgehead atoms. The van der Waals surface area contributed by atoms with E-state index < -0.39 is 0 Å². The summed E-state index contributed by atoms with van der Waals surface area (Å²) in [6, 6.07) is -0.0253. The van der Waals surface area contributed by atoms with Gasteiger partial charge in [-0.1, -0.05) is 0 Å². The van der Waals surface area contributed by atoms with E-state index in [4.69, 9.17) is 4.74 Å². The van der Waals surface area contributed by atoms with Crippen LogP contribution in [-0.4, -0.2) is 77.1 Å². The number of urea groups is 1. The number of carbonyl (C=O) groups excluding carboxylic acids is 2. The van der Waals surface area contributed by atoms with Crippen molar-refractivity contribution in [1.29, 1.82) is 0 Å². The molecule has 0 radical (unpaired) electrons. The minimum Gasteiger partial charge on any atom is -0.378 e. The van der Waals surface area contributed by atoms with Crippen molar-refractivity contribution in [3.05, 3.63) is 23.8 Å². The Kier molecular flexibility index (Phi) is 5.80. The van der Waals surface area contributed by atoms with Gasteiger partial charge < -0.3 is 19.9 Å². The van der Waals surface area contributed by atoms with Gasteiger partial charge in [0.15, 0.2) is 0 Å². The minimum atomic E-state index is -0.238. The van der Waals surface area contributed by atoms with Gasteiger partial charge in [0.1, 0.15) is 5.69 Å². The van der Waals surface area contributed by atoms with Gasteiger partial charge in [-0.2, -0.15) is 0 Å².